The van der Waals surface area contributed by atoms with Gasteiger partial charge in [0, 0.05) is 6.07 Å². The van der Waals surface area contributed by atoms with Gasteiger partial charge in [0.1, 0.15) is 11.9 Å². The summed E-state index contributed by atoms with van der Waals surface area (Å²) in [6.07, 6.45) is -0.481. The molecular formula is C11H14N2O4. The monoisotopic (exact) mass is 238 g/mol. The maximum atomic E-state index is 11.2. The van der Waals surface area contributed by atoms with E-state index in [0.29, 0.717) is 24.4 Å². The Bertz CT molecular complexity index is 483. The quantitative estimate of drug-likeness (QED) is 0.765. The molecule has 0 aromatic carbocycles. The molecule has 1 aromatic rings. The number of carboxylic acid groups (broad SMARTS) is 1. The first-order valence-electron chi connectivity index (χ1n) is 5.47. The fourth-order valence-corrected chi connectivity index (χ4v) is 1.81. The molecule has 1 aliphatic rings. The lowest BCUT2D eigenvalue weighted by atomic mass is 10.2. The van der Waals surface area contributed by atoms with Gasteiger partial charge in [0.2, 0.25) is 5.56 Å². The number of nitrogens with zero attached hydrogens (tertiary/aromatic N) is 1. The van der Waals surface area contributed by atoms with Crippen LogP contribution in [0.15, 0.2) is 16.9 Å². The number of rotatable bonds is 1. The van der Waals surface area contributed by atoms with Crippen LogP contribution in [-0.4, -0.2) is 33.7 Å². The van der Waals surface area contributed by atoms with E-state index in [2.05, 4.69) is 4.98 Å². The SMILES string of the molecule is CC[C@H]1CN(C(=O)O)Cc2[nH]c(=O)ccc2O1. The first-order chi connectivity index (χ1) is 8.10. The van der Waals surface area contributed by atoms with Crippen molar-refractivity contribution in [2.24, 2.45) is 0 Å². The molecule has 1 atom stereocenters. The lowest BCUT2D eigenvalue weighted by molar-refractivity contribution is 0.114. The highest BCUT2D eigenvalue weighted by atomic mass is 16.5. The normalized spacial score (nSPS) is 19.1. The van der Waals surface area contributed by atoms with Crippen molar-refractivity contribution in [1.29, 1.82) is 0 Å². The molecule has 0 fully saturated rings. The molecule has 6 nitrogen and oxygen atoms in total. The lowest BCUT2D eigenvalue weighted by Gasteiger charge is -2.19. The Morgan fingerprint density at radius 3 is 3.06 bits per heavy atom. The summed E-state index contributed by atoms with van der Waals surface area (Å²) >= 11 is 0. The van der Waals surface area contributed by atoms with Crippen LogP contribution in [0.2, 0.25) is 0 Å². The van der Waals surface area contributed by atoms with E-state index in [1.165, 1.54) is 11.0 Å². The van der Waals surface area contributed by atoms with Crippen molar-refractivity contribution >= 4 is 6.09 Å². The summed E-state index contributed by atoms with van der Waals surface area (Å²) in [5.74, 6) is 0.556. The highest BCUT2D eigenvalue weighted by Gasteiger charge is 2.25. The first kappa shape index (κ1) is 11.5. The Labute approximate surface area is 97.8 Å². The maximum Gasteiger partial charge on any atom is 0.407 e. The van der Waals surface area contributed by atoms with Crippen LogP contribution in [0, 0.1) is 0 Å². The van der Waals surface area contributed by atoms with E-state index in [-0.39, 0.29) is 18.2 Å². The third kappa shape index (κ3) is 2.41. The number of aromatic nitrogens is 1. The van der Waals surface area contributed by atoms with Crippen LogP contribution in [0.1, 0.15) is 19.0 Å². The van der Waals surface area contributed by atoms with Crippen molar-refractivity contribution in [1.82, 2.24) is 9.88 Å². The molecule has 2 N–H and O–H groups in total. The molecule has 1 amide bonds. The summed E-state index contributed by atoms with van der Waals surface area (Å²) in [5, 5.41) is 9.05. The van der Waals surface area contributed by atoms with Gasteiger partial charge in [-0.3, -0.25) is 9.69 Å². The molecule has 0 radical (unpaired) electrons. The number of nitrogens with one attached hydrogen (secondary N) is 1. The largest absolute Gasteiger partial charge is 0.487 e. The van der Waals surface area contributed by atoms with E-state index in [0.717, 1.165) is 0 Å². The molecule has 6 heteroatoms. The number of hydrogen-bond donors (Lipinski definition) is 2. The van der Waals surface area contributed by atoms with Crippen LogP contribution in [0.5, 0.6) is 5.75 Å². The minimum absolute atomic E-state index is 0.150. The standard InChI is InChI=1S/C11H14N2O4/c1-2-7-5-13(11(15)16)6-8-9(17-7)3-4-10(14)12-8/h3-4,7H,2,5-6H2,1H3,(H,12,14)(H,15,16)/t7-/m0/s1. The molecule has 0 unspecified atom stereocenters. The number of ether oxygens (including phenoxy) is 1. The smallest absolute Gasteiger partial charge is 0.407 e. The van der Waals surface area contributed by atoms with Crippen LogP contribution in [0.4, 0.5) is 4.79 Å². The summed E-state index contributed by atoms with van der Waals surface area (Å²) in [5.41, 5.74) is 0.253. The van der Waals surface area contributed by atoms with Gasteiger partial charge in [-0.25, -0.2) is 4.79 Å². The van der Waals surface area contributed by atoms with Crippen molar-refractivity contribution < 1.29 is 14.6 Å². The molecule has 2 rings (SSSR count). The molecule has 17 heavy (non-hydrogen) atoms. The molecule has 0 saturated carbocycles. The van der Waals surface area contributed by atoms with Crippen molar-refractivity contribution in [2.75, 3.05) is 6.54 Å². The van der Waals surface area contributed by atoms with Gasteiger partial charge in [0.15, 0.2) is 0 Å². The van der Waals surface area contributed by atoms with Crippen LogP contribution in [0.25, 0.3) is 0 Å². The molecule has 0 bridgehead atoms. The van der Waals surface area contributed by atoms with Crippen molar-refractivity contribution in [3.8, 4) is 5.75 Å². The fourth-order valence-electron chi connectivity index (χ4n) is 1.81. The zero-order valence-electron chi connectivity index (χ0n) is 9.47. The molecule has 1 aromatic heterocycles. The average molecular weight is 238 g/mol. The van der Waals surface area contributed by atoms with Crippen molar-refractivity contribution in [3.63, 3.8) is 0 Å². The minimum atomic E-state index is -1.01. The van der Waals surface area contributed by atoms with E-state index in [1.807, 2.05) is 6.92 Å². The Kier molecular flexibility index (Phi) is 3.03. The van der Waals surface area contributed by atoms with Crippen LogP contribution in [-0.2, 0) is 6.54 Å². The predicted molar refractivity (Wildman–Crippen MR) is 60.2 cm³/mol. The fraction of sp³-hybridized carbons (Fsp3) is 0.455. The Balaban J connectivity index is 2.38. The molecule has 0 saturated heterocycles. The molecule has 0 spiro atoms. The third-order valence-corrected chi connectivity index (χ3v) is 2.75. The highest BCUT2D eigenvalue weighted by Crippen LogP contribution is 2.22. The predicted octanol–water partition coefficient (Wildman–Crippen LogP) is 1.03. The highest BCUT2D eigenvalue weighted by molar-refractivity contribution is 5.65. The Morgan fingerprint density at radius 1 is 1.65 bits per heavy atom. The summed E-state index contributed by atoms with van der Waals surface area (Å²) in [4.78, 5) is 26.1. The topological polar surface area (TPSA) is 82.6 Å². The summed E-state index contributed by atoms with van der Waals surface area (Å²) in [6, 6.07) is 2.96. The summed E-state index contributed by atoms with van der Waals surface area (Å²) in [6.45, 7) is 2.39. The van der Waals surface area contributed by atoms with Crippen molar-refractivity contribution in [3.05, 3.63) is 28.2 Å². The van der Waals surface area contributed by atoms with Gasteiger partial charge in [0.25, 0.3) is 0 Å². The second-order valence-corrected chi connectivity index (χ2v) is 3.98. The van der Waals surface area contributed by atoms with Crippen LogP contribution in [0.3, 0.4) is 0 Å². The van der Waals surface area contributed by atoms with E-state index in [1.54, 1.807) is 6.07 Å². The number of amides is 1. The van der Waals surface area contributed by atoms with Gasteiger partial charge in [-0.05, 0) is 12.5 Å². The number of hydrogen-bond acceptors (Lipinski definition) is 3. The number of H-pyrrole nitrogens is 1. The third-order valence-electron chi connectivity index (χ3n) is 2.75. The molecule has 1 aliphatic heterocycles. The van der Waals surface area contributed by atoms with Gasteiger partial charge in [0.05, 0.1) is 18.8 Å². The van der Waals surface area contributed by atoms with Gasteiger partial charge in [-0.2, -0.15) is 0 Å². The lowest BCUT2D eigenvalue weighted by Crippen LogP contribution is -2.36. The van der Waals surface area contributed by atoms with E-state index < -0.39 is 6.09 Å². The van der Waals surface area contributed by atoms with Gasteiger partial charge in [-0.15, -0.1) is 0 Å². The molecule has 0 aliphatic carbocycles. The van der Waals surface area contributed by atoms with E-state index in [9.17, 15) is 9.59 Å². The Morgan fingerprint density at radius 2 is 2.41 bits per heavy atom. The van der Waals surface area contributed by atoms with Gasteiger partial charge < -0.3 is 14.8 Å². The molecule has 2 heterocycles. The molecule has 92 valence electrons. The zero-order chi connectivity index (χ0) is 12.4. The number of carbonyl (C=O) groups is 1. The Hall–Kier alpha value is -1.98. The summed E-state index contributed by atoms with van der Waals surface area (Å²) in [7, 11) is 0. The van der Waals surface area contributed by atoms with E-state index >= 15 is 0 Å². The number of aromatic amines is 1. The zero-order valence-corrected chi connectivity index (χ0v) is 9.47. The maximum absolute atomic E-state index is 11.2. The van der Waals surface area contributed by atoms with Crippen LogP contribution < -0.4 is 10.3 Å². The number of pyridine rings is 1. The first-order valence-corrected chi connectivity index (χ1v) is 5.47. The van der Waals surface area contributed by atoms with Gasteiger partial charge in [-0.1, -0.05) is 6.92 Å². The minimum Gasteiger partial charge on any atom is -0.487 e. The summed E-state index contributed by atoms with van der Waals surface area (Å²) < 4.78 is 5.67. The molecular weight excluding hydrogens is 224 g/mol. The van der Waals surface area contributed by atoms with Crippen molar-refractivity contribution in [2.45, 2.75) is 26.0 Å². The average Bonchev–Trinajstić information content (AvgIpc) is 2.47. The second kappa shape index (κ2) is 4.48. The van der Waals surface area contributed by atoms with E-state index in [4.69, 9.17) is 9.84 Å². The van der Waals surface area contributed by atoms with Gasteiger partial charge >= 0.3 is 6.09 Å². The number of fused-ring (bicyclic) bond motifs is 1. The van der Waals surface area contributed by atoms with Crippen LogP contribution >= 0.6 is 0 Å². The second-order valence-electron chi connectivity index (χ2n) is 3.98.